The molecule has 2 aromatic carbocycles. The molecule has 1 aliphatic heterocycles. The van der Waals surface area contributed by atoms with Gasteiger partial charge in [-0.2, -0.15) is 0 Å². The maximum Gasteiger partial charge on any atom is 0.251 e. The summed E-state index contributed by atoms with van der Waals surface area (Å²) in [5, 5.41) is 0. The van der Waals surface area contributed by atoms with Crippen molar-refractivity contribution in [3.63, 3.8) is 0 Å². The van der Waals surface area contributed by atoms with Crippen LogP contribution in [0, 0.1) is 5.82 Å². The Labute approximate surface area is 149 Å². The first-order valence-corrected chi connectivity index (χ1v) is 8.85. The first-order valence-electron chi connectivity index (χ1n) is 8.85. The molecule has 1 unspecified atom stereocenters. The van der Waals surface area contributed by atoms with Crippen molar-refractivity contribution in [2.45, 2.75) is 45.6 Å². The largest absolute Gasteiger partial charge is 0.306 e. The highest BCUT2D eigenvalue weighted by Gasteiger charge is 2.27. The molecule has 25 heavy (non-hydrogen) atoms. The van der Waals surface area contributed by atoms with Gasteiger partial charge in [-0.25, -0.2) is 4.39 Å². The van der Waals surface area contributed by atoms with Gasteiger partial charge < -0.3 is 4.90 Å². The summed E-state index contributed by atoms with van der Waals surface area (Å²) in [7, 11) is 0. The molecule has 0 bridgehead atoms. The number of rotatable bonds is 3. The fraction of sp³-hybridized carbons (Fsp3) is 0.318. The van der Waals surface area contributed by atoms with Gasteiger partial charge in [-0.05, 0) is 66.6 Å². The van der Waals surface area contributed by atoms with E-state index in [1.54, 1.807) is 17.0 Å². The molecule has 1 atom stereocenters. The van der Waals surface area contributed by atoms with Crippen molar-refractivity contribution in [3.05, 3.63) is 71.0 Å². The van der Waals surface area contributed by atoms with Gasteiger partial charge in [0.2, 0.25) is 0 Å². The van der Waals surface area contributed by atoms with Crippen molar-refractivity contribution in [2.24, 2.45) is 0 Å². The Morgan fingerprint density at radius 3 is 2.60 bits per heavy atom. The Kier molecular flexibility index (Phi) is 5.03. The van der Waals surface area contributed by atoms with E-state index >= 15 is 0 Å². The molecule has 0 spiro atoms. The average molecular weight is 337 g/mol. The smallest absolute Gasteiger partial charge is 0.251 e. The van der Waals surface area contributed by atoms with Gasteiger partial charge in [-0.15, -0.1) is 0 Å². The quantitative estimate of drug-likeness (QED) is 0.693. The van der Waals surface area contributed by atoms with Gasteiger partial charge in [0.05, 0.1) is 0 Å². The van der Waals surface area contributed by atoms with Crippen LogP contribution < -0.4 is 4.90 Å². The van der Waals surface area contributed by atoms with Crippen LogP contribution in [0.4, 0.5) is 10.1 Å². The molecule has 130 valence electrons. The number of fused-ring (bicyclic) bond motifs is 1. The molecule has 0 fully saturated rings. The molecular formula is C22H24FNO. The lowest BCUT2D eigenvalue weighted by Gasteiger charge is -2.34. The van der Waals surface area contributed by atoms with E-state index in [1.165, 1.54) is 17.7 Å². The van der Waals surface area contributed by atoms with E-state index in [4.69, 9.17) is 0 Å². The van der Waals surface area contributed by atoms with Crippen molar-refractivity contribution in [3.8, 4) is 0 Å². The van der Waals surface area contributed by atoms with Crippen LogP contribution in [0.3, 0.4) is 0 Å². The van der Waals surface area contributed by atoms with Gasteiger partial charge in [0, 0.05) is 17.8 Å². The number of carbonyl (C=O) groups is 1. The molecule has 3 rings (SSSR count). The molecule has 0 aliphatic carbocycles. The zero-order valence-corrected chi connectivity index (χ0v) is 15.0. The van der Waals surface area contributed by atoms with Crippen LogP contribution >= 0.6 is 0 Å². The third-order valence-electron chi connectivity index (χ3n) is 4.83. The standard InChI is InChI=1S/C22H24FNO/c1-15(2)18-9-5-17(6-10-18)7-13-22(25)24-16(3)4-8-19-14-20(23)11-12-21(19)24/h5-7,9-16H,4,8H2,1-3H3/b13-7+. The molecule has 0 N–H and O–H groups in total. The molecule has 0 saturated heterocycles. The van der Waals surface area contributed by atoms with Crippen LogP contribution in [0.5, 0.6) is 0 Å². The minimum absolute atomic E-state index is 0.0620. The zero-order chi connectivity index (χ0) is 18.0. The lowest BCUT2D eigenvalue weighted by Crippen LogP contribution is -2.41. The number of benzene rings is 2. The minimum Gasteiger partial charge on any atom is -0.306 e. The second-order valence-electron chi connectivity index (χ2n) is 7.02. The van der Waals surface area contributed by atoms with Gasteiger partial charge in [0.1, 0.15) is 5.82 Å². The first kappa shape index (κ1) is 17.4. The van der Waals surface area contributed by atoms with Gasteiger partial charge >= 0.3 is 0 Å². The lowest BCUT2D eigenvalue weighted by atomic mass is 9.96. The number of hydrogen-bond acceptors (Lipinski definition) is 1. The van der Waals surface area contributed by atoms with Crippen LogP contribution in [0.1, 0.15) is 49.8 Å². The van der Waals surface area contributed by atoms with Gasteiger partial charge in [0.15, 0.2) is 0 Å². The summed E-state index contributed by atoms with van der Waals surface area (Å²) < 4.78 is 13.5. The predicted octanol–water partition coefficient (Wildman–Crippen LogP) is 5.33. The molecule has 0 aromatic heterocycles. The van der Waals surface area contributed by atoms with E-state index < -0.39 is 0 Å². The van der Waals surface area contributed by atoms with Crippen LogP contribution in [-0.4, -0.2) is 11.9 Å². The van der Waals surface area contributed by atoms with Crippen LogP contribution in [0.2, 0.25) is 0 Å². The van der Waals surface area contributed by atoms with Crippen molar-refractivity contribution in [1.29, 1.82) is 0 Å². The summed E-state index contributed by atoms with van der Waals surface area (Å²) in [4.78, 5) is 14.5. The molecule has 1 aliphatic rings. The Morgan fingerprint density at radius 1 is 1.20 bits per heavy atom. The van der Waals surface area contributed by atoms with E-state index in [2.05, 4.69) is 26.0 Å². The maximum atomic E-state index is 13.5. The summed E-state index contributed by atoms with van der Waals surface area (Å²) in [5.41, 5.74) is 4.01. The molecular weight excluding hydrogens is 313 g/mol. The highest BCUT2D eigenvalue weighted by molar-refractivity contribution is 6.05. The number of aryl methyl sites for hydroxylation is 1. The van der Waals surface area contributed by atoms with E-state index in [0.717, 1.165) is 29.7 Å². The average Bonchev–Trinajstić information content (AvgIpc) is 2.60. The molecule has 3 heteroatoms. The van der Waals surface area contributed by atoms with Crippen LogP contribution in [-0.2, 0) is 11.2 Å². The second kappa shape index (κ2) is 7.22. The van der Waals surface area contributed by atoms with Gasteiger partial charge in [-0.1, -0.05) is 38.1 Å². The highest BCUT2D eigenvalue weighted by Crippen LogP contribution is 2.31. The molecule has 1 heterocycles. The van der Waals surface area contributed by atoms with Crippen LogP contribution in [0.15, 0.2) is 48.5 Å². The van der Waals surface area contributed by atoms with Gasteiger partial charge in [0.25, 0.3) is 5.91 Å². The Hall–Kier alpha value is -2.42. The monoisotopic (exact) mass is 337 g/mol. The third kappa shape index (κ3) is 3.81. The van der Waals surface area contributed by atoms with E-state index in [-0.39, 0.29) is 17.8 Å². The predicted molar refractivity (Wildman–Crippen MR) is 101 cm³/mol. The first-order chi connectivity index (χ1) is 12.0. The zero-order valence-electron chi connectivity index (χ0n) is 15.0. The number of amides is 1. The molecule has 2 aromatic rings. The van der Waals surface area contributed by atoms with Crippen molar-refractivity contribution in [1.82, 2.24) is 0 Å². The SMILES string of the molecule is CC(C)c1ccc(/C=C/C(=O)N2c3ccc(F)cc3CCC2C)cc1. The van der Waals surface area contributed by atoms with E-state index in [0.29, 0.717) is 5.92 Å². The Bertz CT molecular complexity index is 792. The second-order valence-corrected chi connectivity index (χ2v) is 7.02. The number of hydrogen-bond donors (Lipinski definition) is 0. The Morgan fingerprint density at radius 2 is 1.92 bits per heavy atom. The topological polar surface area (TPSA) is 20.3 Å². The Balaban J connectivity index is 1.81. The van der Waals surface area contributed by atoms with Gasteiger partial charge in [-0.3, -0.25) is 4.79 Å². The van der Waals surface area contributed by atoms with Crippen molar-refractivity contribution < 1.29 is 9.18 Å². The lowest BCUT2D eigenvalue weighted by molar-refractivity contribution is -0.114. The fourth-order valence-corrected chi connectivity index (χ4v) is 3.30. The summed E-state index contributed by atoms with van der Waals surface area (Å²) in [6.45, 7) is 6.36. The fourth-order valence-electron chi connectivity index (χ4n) is 3.30. The summed E-state index contributed by atoms with van der Waals surface area (Å²) in [5.74, 6) is 0.181. The van der Waals surface area contributed by atoms with E-state index in [9.17, 15) is 9.18 Å². The molecule has 0 saturated carbocycles. The van der Waals surface area contributed by atoms with Crippen molar-refractivity contribution >= 4 is 17.7 Å². The number of halogens is 1. The summed E-state index contributed by atoms with van der Waals surface area (Å²) in [6, 6.07) is 13.0. The maximum absolute atomic E-state index is 13.5. The summed E-state index contributed by atoms with van der Waals surface area (Å²) >= 11 is 0. The molecule has 0 radical (unpaired) electrons. The molecule has 1 amide bonds. The number of carbonyl (C=O) groups excluding carboxylic acids is 1. The van der Waals surface area contributed by atoms with Crippen LogP contribution in [0.25, 0.3) is 6.08 Å². The van der Waals surface area contributed by atoms with Crippen molar-refractivity contribution in [2.75, 3.05) is 4.90 Å². The molecule has 2 nitrogen and oxygen atoms in total. The number of anilines is 1. The number of nitrogens with zero attached hydrogens (tertiary/aromatic N) is 1. The third-order valence-corrected chi connectivity index (χ3v) is 4.83. The highest BCUT2D eigenvalue weighted by atomic mass is 19.1. The summed E-state index contributed by atoms with van der Waals surface area (Å²) in [6.07, 6.45) is 5.10. The minimum atomic E-state index is -0.249. The normalized spacial score (nSPS) is 17.2. The van der Waals surface area contributed by atoms with E-state index in [1.807, 2.05) is 25.1 Å².